The van der Waals surface area contributed by atoms with Gasteiger partial charge in [-0.25, -0.2) is 9.97 Å². The highest BCUT2D eigenvalue weighted by atomic mass is 16.1. The van der Waals surface area contributed by atoms with Crippen LogP contribution in [-0.4, -0.2) is 25.4 Å². The average molecular weight is 335 g/mol. The first-order chi connectivity index (χ1) is 11.9. The highest BCUT2D eigenvalue weighted by Gasteiger charge is 2.14. The molecule has 1 N–H and O–H groups in total. The predicted octanol–water partition coefficient (Wildman–Crippen LogP) is 3.53. The molecule has 0 fully saturated rings. The maximum atomic E-state index is 11.5. The number of carbonyl (C=O) groups is 1. The van der Waals surface area contributed by atoms with E-state index in [-0.39, 0.29) is 11.3 Å². The lowest BCUT2D eigenvalue weighted by Crippen LogP contribution is -2.12. The van der Waals surface area contributed by atoms with Gasteiger partial charge in [0.1, 0.15) is 6.33 Å². The quantitative estimate of drug-likeness (QED) is 0.740. The van der Waals surface area contributed by atoms with Crippen LogP contribution in [0.3, 0.4) is 0 Å². The van der Waals surface area contributed by atoms with Gasteiger partial charge in [-0.2, -0.15) is 0 Å². The molecule has 0 saturated carbocycles. The fraction of sp³-hybridized carbons (Fsp3) is 0.263. The first-order valence-corrected chi connectivity index (χ1v) is 8.07. The summed E-state index contributed by atoms with van der Waals surface area (Å²) in [5.74, 6) is 0.453. The molecule has 3 aromatic rings. The van der Waals surface area contributed by atoms with E-state index < -0.39 is 0 Å². The molecule has 6 nitrogen and oxygen atoms in total. The number of fused-ring (bicyclic) bond motifs is 1. The van der Waals surface area contributed by atoms with Gasteiger partial charge in [0.25, 0.3) is 0 Å². The lowest BCUT2D eigenvalue weighted by atomic mass is 9.91. The van der Waals surface area contributed by atoms with Crippen molar-refractivity contribution < 1.29 is 4.79 Å². The standard InChI is InChI=1S/C19H21N5O/c1-5-18(25)23-13-6-7-15-16(8-13)24(12-21-15)17-11-20-10-14(22-17)9-19(2,3)4/h5-8,10-12H,1,9H2,2-4H3,(H,23,25). The second-order valence-corrected chi connectivity index (χ2v) is 7.12. The number of nitrogens with one attached hydrogen (secondary N) is 1. The van der Waals surface area contributed by atoms with E-state index >= 15 is 0 Å². The van der Waals surface area contributed by atoms with Crippen LogP contribution in [-0.2, 0) is 11.2 Å². The van der Waals surface area contributed by atoms with Gasteiger partial charge in [0, 0.05) is 11.9 Å². The molecule has 0 bridgehead atoms. The van der Waals surface area contributed by atoms with E-state index in [0.717, 1.165) is 23.1 Å². The van der Waals surface area contributed by atoms with Gasteiger partial charge in [-0.3, -0.25) is 14.3 Å². The fourth-order valence-electron chi connectivity index (χ4n) is 2.60. The van der Waals surface area contributed by atoms with Gasteiger partial charge in [-0.15, -0.1) is 0 Å². The zero-order valence-electron chi connectivity index (χ0n) is 14.7. The average Bonchev–Trinajstić information content (AvgIpc) is 2.96. The Morgan fingerprint density at radius 1 is 1.32 bits per heavy atom. The number of hydrogen-bond acceptors (Lipinski definition) is 4. The van der Waals surface area contributed by atoms with Crippen LogP contribution in [0.1, 0.15) is 26.5 Å². The van der Waals surface area contributed by atoms with E-state index in [1.807, 2.05) is 22.8 Å². The number of benzene rings is 1. The molecule has 0 aliphatic heterocycles. The monoisotopic (exact) mass is 335 g/mol. The van der Waals surface area contributed by atoms with Gasteiger partial charge in [-0.05, 0) is 36.1 Å². The molecule has 3 rings (SSSR count). The second-order valence-electron chi connectivity index (χ2n) is 7.12. The number of amides is 1. The maximum Gasteiger partial charge on any atom is 0.247 e. The predicted molar refractivity (Wildman–Crippen MR) is 98.6 cm³/mol. The lowest BCUT2D eigenvalue weighted by Gasteiger charge is -2.17. The van der Waals surface area contributed by atoms with Crippen molar-refractivity contribution in [1.82, 2.24) is 19.5 Å². The third-order valence-electron chi connectivity index (χ3n) is 3.63. The van der Waals surface area contributed by atoms with Crippen LogP contribution in [0, 0.1) is 5.41 Å². The molecular formula is C19H21N5O. The molecule has 0 atom stereocenters. The fourth-order valence-corrected chi connectivity index (χ4v) is 2.60. The Balaban J connectivity index is 2.01. The van der Waals surface area contributed by atoms with E-state index in [1.165, 1.54) is 6.08 Å². The molecule has 6 heteroatoms. The van der Waals surface area contributed by atoms with Crippen molar-refractivity contribution in [3.05, 3.63) is 55.3 Å². The molecule has 0 aliphatic rings. The third kappa shape index (κ3) is 3.91. The summed E-state index contributed by atoms with van der Waals surface area (Å²) < 4.78 is 1.87. The number of rotatable bonds is 4. The van der Waals surface area contributed by atoms with Crippen molar-refractivity contribution in [2.75, 3.05) is 5.32 Å². The Kier molecular flexibility index (Phi) is 4.35. The number of nitrogens with zero attached hydrogens (tertiary/aromatic N) is 4. The third-order valence-corrected chi connectivity index (χ3v) is 3.63. The van der Waals surface area contributed by atoms with E-state index in [4.69, 9.17) is 4.98 Å². The highest BCUT2D eigenvalue weighted by molar-refractivity contribution is 6.00. The first kappa shape index (κ1) is 16.8. The van der Waals surface area contributed by atoms with Crippen LogP contribution in [0.2, 0.25) is 0 Å². The van der Waals surface area contributed by atoms with Crippen LogP contribution in [0.5, 0.6) is 0 Å². The molecular weight excluding hydrogens is 314 g/mol. The Labute approximate surface area is 146 Å². The van der Waals surface area contributed by atoms with Gasteiger partial charge < -0.3 is 5.32 Å². The number of aromatic nitrogens is 4. The van der Waals surface area contributed by atoms with Crippen LogP contribution < -0.4 is 5.32 Å². The molecule has 0 aliphatic carbocycles. The Morgan fingerprint density at radius 2 is 2.12 bits per heavy atom. The maximum absolute atomic E-state index is 11.5. The first-order valence-electron chi connectivity index (χ1n) is 8.07. The molecule has 25 heavy (non-hydrogen) atoms. The molecule has 0 radical (unpaired) electrons. The minimum Gasteiger partial charge on any atom is -0.322 e. The van der Waals surface area contributed by atoms with Gasteiger partial charge in [0.2, 0.25) is 5.91 Å². The van der Waals surface area contributed by atoms with Crippen molar-refractivity contribution in [3.8, 4) is 5.82 Å². The minimum absolute atomic E-state index is 0.131. The number of anilines is 1. The summed E-state index contributed by atoms with van der Waals surface area (Å²) in [5.41, 5.74) is 3.41. The van der Waals surface area contributed by atoms with Crippen LogP contribution >= 0.6 is 0 Å². The highest BCUT2D eigenvalue weighted by Crippen LogP contribution is 2.23. The molecule has 1 amide bonds. The van der Waals surface area contributed by atoms with Crippen LogP contribution in [0.4, 0.5) is 5.69 Å². The molecule has 0 unspecified atom stereocenters. The van der Waals surface area contributed by atoms with Crippen molar-refractivity contribution in [2.24, 2.45) is 5.41 Å². The van der Waals surface area contributed by atoms with E-state index in [1.54, 1.807) is 18.7 Å². The molecule has 0 spiro atoms. The normalized spacial score (nSPS) is 11.5. The summed E-state index contributed by atoms with van der Waals surface area (Å²) in [7, 11) is 0. The second kappa shape index (κ2) is 6.47. The summed E-state index contributed by atoms with van der Waals surface area (Å²) >= 11 is 0. The van der Waals surface area contributed by atoms with Gasteiger partial charge in [-0.1, -0.05) is 27.4 Å². The van der Waals surface area contributed by atoms with Crippen molar-refractivity contribution in [1.29, 1.82) is 0 Å². The number of carbonyl (C=O) groups excluding carboxylic acids is 1. The van der Waals surface area contributed by atoms with Crippen molar-refractivity contribution >= 4 is 22.6 Å². The lowest BCUT2D eigenvalue weighted by molar-refractivity contribution is -0.111. The summed E-state index contributed by atoms with van der Waals surface area (Å²) in [5, 5.41) is 2.76. The zero-order valence-corrected chi connectivity index (χ0v) is 14.7. The zero-order chi connectivity index (χ0) is 18.0. The Hall–Kier alpha value is -3.02. The summed E-state index contributed by atoms with van der Waals surface area (Å²) in [6.07, 6.45) is 7.30. The largest absolute Gasteiger partial charge is 0.322 e. The summed E-state index contributed by atoms with van der Waals surface area (Å²) in [6.45, 7) is 9.97. The number of hydrogen-bond donors (Lipinski definition) is 1. The Morgan fingerprint density at radius 3 is 2.84 bits per heavy atom. The topological polar surface area (TPSA) is 72.7 Å². The molecule has 128 valence electrons. The number of imidazole rings is 1. The molecule has 1 aromatic carbocycles. The van der Waals surface area contributed by atoms with Gasteiger partial charge in [0.15, 0.2) is 5.82 Å². The van der Waals surface area contributed by atoms with Gasteiger partial charge >= 0.3 is 0 Å². The van der Waals surface area contributed by atoms with E-state index in [0.29, 0.717) is 11.5 Å². The van der Waals surface area contributed by atoms with Gasteiger partial charge in [0.05, 0.1) is 22.9 Å². The smallest absolute Gasteiger partial charge is 0.247 e. The molecule has 0 saturated heterocycles. The molecule has 2 heterocycles. The van der Waals surface area contributed by atoms with Crippen LogP contribution in [0.25, 0.3) is 16.9 Å². The molecule has 2 aromatic heterocycles. The van der Waals surface area contributed by atoms with E-state index in [9.17, 15) is 4.79 Å². The minimum atomic E-state index is -0.252. The van der Waals surface area contributed by atoms with Crippen molar-refractivity contribution in [2.45, 2.75) is 27.2 Å². The SMILES string of the molecule is C=CC(=O)Nc1ccc2ncn(-c3cncc(CC(C)(C)C)n3)c2c1. The van der Waals surface area contributed by atoms with E-state index in [2.05, 4.69) is 42.6 Å². The van der Waals surface area contributed by atoms with Crippen molar-refractivity contribution in [3.63, 3.8) is 0 Å². The summed E-state index contributed by atoms with van der Waals surface area (Å²) in [6, 6.07) is 5.53. The summed E-state index contributed by atoms with van der Waals surface area (Å²) in [4.78, 5) is 25.0. The van der Waals surface area contributed by atoms with Crippen LogP contribution in [0.15, 0.2) is 49.6 Å². The Bertz CT molecular complexity index is 936.